The summed E-state index contributed by atoms with van der Waals surface area (Å²) in [7, 11) is 0. The molecule has 0 amide bonds. The molecular formula is C17H18BrF2N. The Labute approximate surface area is 132 Å². The van der Waals surface area contributed by atoms with Crippen LogP contribution in [-0.4, -0.2) is 6.54 Å². The van der Waals surface area contributed by atoms with Gasteiger partial charge < -0.3 is 5.32 Å². The summed E-state index contributed by atoms with van der Waals surface area (Å²) in [6.07, 6.45) is 0. The molecule has 1 N–H and O–H groups in total. The molecule has 1 nitrogen and oxygen atoms in total. The topological polar surface area (TPSA) is 12.0 Å². The second-order valence-corrected chi connectivity index (χ2v) is 5.99. The van der Waals surface area contributed by atoms with Gasteiger partial charge in [0.15, 0.2) is 0 Å². The van der Waals surface area contributed by atoms with Crippen molar-refractivity contribution in [2.45, 2.75) is 26.8 Å². The second kappa shape index (κ2) is 6.67. The summed E-state index contributed by atoms with van der Waals surface area (Å²) < 4.78 is 29.0. The first-order valence-corrected chi connectivity index (χ1v) is 7.68. The molecule has 0 radical (unpaired) electrons. The fourth-order valence-electron chi connectivity index (χ4n) is 2.34. The minimum atomic E-state index is -0.396. The predicted molar refractivity (Wildman–Crippen MR) is 85.5 cm³/mol. The van der Waals surface area contributed by atoms with E-state index in [-0.39, 0.29) is 6.04 Å². The van der Waals surface area contributed by atoms with E-state index in [1.807, 2.05) is 32.0 Å². The maximum absolute atomic E-state index is 14.3. The van der Waals surface area contributed by atoms with Crippen LogP contribution >= 0.6 is 15.9 Å². The van der Waals surface area contributed by atoms with Crippen LogP contribution in [-0.2, 0) is 0 Å². The van der Waals surface area contributed by atoms with Crippen LogP contribution in [0.15, 0.2) is 34.8 Å². The van der Waals surface area contributed by atoms with Crippen LogP contribution in [0.2, 0.25) is 0 Å². The number of hydrogen-bond donors (Lipinski definition) is 1. The third-order valence-corrected chi connectivity index (χ3v) is 4.15. The molecule has 0 fully saturated rings. The first-order valence-electron chi connectivity index (χ1n) is 6.89. The van der Waals surface area contributed by atoms with Crippen molar-refractivity contribution in [3.05, 3.63) is 68.7 Å². The van der Waals surface area contributed by atoms with Crippen LogP contribution in [0.1, 0.15) is 35.2 Å². The summed E-state index contributed by atoms with van der Waals surface area (Å²) in [4.78, 5) is 0. The Morgan fingerprint density at radius 2 is 1.76 bits per heavy atom. The molecule has 0 bridgehead atoms. The van der Waals surface area contributed by atoms with Gasteiger partial charge in [-0.15, -0.1) is 0 Å². The minimum absolute atomic E-state index is 0.314. The van der Waals surface area contributed by atoms with Crippen LogP contribution in [0.4, 0.5) is 8.78 Å². The normalized spacial score (nSPS) is 12.5. The third-order valence-electron chi connectivity index (χ3n) is 3.46. The van der Waals surface area contributed by atoms with Gasteiger partial charge in [0.05, 0.1) is 6.04 Å². The van der Waals surface area contributed by atoms with E-state index in [0.717, 1.165) is 15.6 Å². The van der Waals surface area contributed by atoms with Gasteiger partial charge in [0.25, 0.3) is 0 Å². The maximum atomic E-state index is 14.3. The highest BCUT2D eigenvalue weighted by atomic mass is 79.9. The van der Waals surface area contributed by atoms with E-state index in [9.17, 15) is 8.78 Å². The van der Waals surface area contributed by atoms with Crippen molar-refractivity contribution < 1.29 is 8.78 Å². The Balaban J connectivity index is 2.55. The quantitative estimate of drug-likeness (QED) is 0.811. The molecule has 0 aliphatic carbocycles. The van der Waals surface area contributed by atoms with E-state index < -0.39 is 11.6 Å². The first kappa shape index (κ1) is 16.1. The van der Waals surface area contributed by atoms with Gasteiger partial charge in [0, 0.05) is 10.0 Å². The van der Waals surface area contributed by atoms with Crippen LogP contribution in [0.5, 0.6) is 0 Å². The van der Waals surface area contributed by atoms with E-state index in [2.05, 4.69) is 21.2 Å². The highest BCUT2D eigenvalue weighted by Gasteiger charge is 2.21. The Morgan fingerprint density at radius 1 is 1.05 bits per heavy atom. The van der Waals surface area contributed by atoms with Crippen molar-refractivity contribution in [2.75, 3.05) is 6.54 Å². The van der Waals surface area contributed by atoms with Crippen molar-refractivity contribution >= 4 is 15.9 Å². The molecule has 2 aromatic carbocycles. The van der Waals surface area contributed by atoms with Crippen molar-refractivity contribution in [3.63, 3.8) is 0 Å². The van der Waals surface area contributed by atoms with Gasteiger partial charge in [-0.1, -0.05) is 35.0 Å². The molecule has 2 aromatic rings. The van der Waals surface area contributed by atoms with Gasteiger partial charge in [0.2, 0.25) is 0 Å². The molecule has 2 rings (SSSR count). The van der Waals surface area contributed by atoms with Gasteiger partial charge in [-0.3, -0.25) is 0 Å². The molecule has 21 heavy (non-hydrogen) atoms. The smallest absolute Gasteiger partial charge is 0.128 e. The van der Waals surface area contributed by atoms with E-state index in [1.54, 1.807) is 6.92 Å². The predicted octanol–water partition coefficient (Wildman–Crippen LogP) is 5.04. The number of halogens is 3. The van der Waals surface area contributed by atoms with Gasteiger partial charge in [-0.2, -0.15) is 0 Å². The van der Waals surface area contributed by atoms with Crippen LogP contribution < -0.4 is 5.32 Å². The molecule has 0 saturated heterocycles. The molecular weight excluding hydrogens is 336 g/mol. The van der Waals surface area contributed by atoms with E-state index >= 15 is 0 Å². The highest BCUT2D eigenvalue weighted by molar-refractivity contribution is 9.10. The lowest BCUT2D eigenvalue weighted by atomic mass is 9.96. The Morgan fingerprint density at radius 3 is 2.38 bits per heavy atom. The van der Waals surface area contributed by atoms with E-state index in [0.29, 0.717) is 17.7 Å². The zero-order valence-electron chi connectivity index (χ0n) is 12.3. The van der Waals surface area contributed by atoms with Crippen LogP contribution in [0.3, 0.4) is 0 Å². The SMILES string of the molecule is CCNC(c1cc(F)c(C)cc1F)c1ccc(C)cc1Br. The summed E-state index contributed by atoms with van der Waals surface area (Å²) in [5.41, 5.74) is 2.64. The average molecular weight is 354 g/mol. The fraction of sp³-hybridized carbons (Fsp3) is 0.294. The third kappa shape index (κ3) is 3.50. The van der Waals surface area contributed by atoms with Crippen LogP contribution in [0, 0.1) is 25.5 Å². The summed E-state index contributed by atoms with van der Waals surface area (Å²) in [6, 6.07) is 8.01. The van der Waals surface area contributed by atoms with E-state index in [4.69, 9.17) is 0 Å². The molecule has 1 unspecified atom stereocenters. The number of nitrogens with one attached hydrogen (secondary N) is 1. The summed E-state index contributed by atoms with van der Waals surface area (Å²) in [6.45, 7) is 6.15. The number of hydrogen-bond acceptors (Lipinski definition) is 1. The Kier molecular flexibility index (Phi) is 5.12. The summed E-state index contributed by atoms with van der Waals surface area (Å²) in [5, 5.41) is 3.23. The molecule has 1 atom stereocenters. The lowest BCUT2D eigenvalue weighted by Crippen LogP contribution is -2.23. The molecule has 0 spiro atoms. The number of benzene rings is 2. The Bertz CT molecular complexity index is 655. The van der Waals surface area contributed by atoms with E-state index in [1.165, 1.54) is 12.1 Å². The van der Waals surface area contributed by atoms with Gasteiger partial charge in [-0.25, -0.2) is 8.78 Å². The summed E-state index contributed by atoms with van der Waals surface area (Å²) in [5.74, 6) is -0.787. The molecule has 0 aromatic heterocycles. The first-order chi connectivity index (χ1) is 9.93. The molecule has 112 valence electrons. The fourth-order valence-corrected chi connectivity index (χ4v) is 3.06. The maximum Gasteiger partial charge on any atom is 0.128 e. The number of aryl methyl sites for hydroxylation is 2. The van der Waals surface area contributed by atoms with Gasteiger partial charge in [-0.05, 0) is 55.3 Å². The lowest BCUT2D eigenvalue weighted by Gasteiger charge is -2.21. The van der Waals surface area contributed by atoms with Crippen molar-refractivity contribution in [3.8, 4) is 0 Å². The van der Waals surface area contributed by atoms with Gasteiger partial charge >= 0.3 is 0 Å². The number of rotatable bonds is 4. The zero-order valence-corrected chi connectivity index (χ0v) is 13.9. The highest BCUT2D eigenvalue weighted by Crippen LogP contribution is 2.31. The second-order valence-electron chi connectivity index (χ2n) is 5.14. The molecule has 0 heterocycles. The monoisotopic (exact) mass is 353 g/mol. The van der Waals surface area contributed by atoms with Crippen LogP contribution in [0.25, 0.3) is 0 Å². The van der Waals surface area contributed by atoms with Crippen molar-refractivity contribution in [1.29, 1.82) is 0 Å². The summed E-state index contributed by atoms with van der Waals surface area (Å²) >= 11 is 3.52. The molecule has 0 saturated carbocycles. The minimum Gasteiger partial charge on any atom is -0.306 e. The Hall–Kier alpha value is -1.26. The molecule has 0 aliphatic rings. The van der Waals surface area contributed by atoms with Crippen molar-refractivity contribution in [2.24, 2.45) is 0 Å². The standard InChI is InChI=1S/C17H18BrF2N/c1-4-21-17(12-6-5-10(2)7-14(12)18)13-9-15(19)11(3)8-16(13)20/h5-9,17,21H,4H2,1-3H3. The lowest BCUT2D eigenvalue weighted by molar-refractivity contribution is 0.540. The van der Waals surface area contributed by atoms with Gasteiger partial charge in [0.1, 0.15) is 11.6 Å². The van der Waals surface area contributed by atoms with Crippen molar-refractivity contribution in [1.82, 2.24) is 5.32 Å². The zero-order chi connectivity index (χ0) is 15.6. The molecule has 4 heteroatoms. The molecule has 0 aliphatic heterocycles. The average Bonchev–Trinajstić information content (AvgIpc) is 2.41. The largest absolute Gasteiger partial charge is 0.306 e.